The molecule has 1 rings (SSSR count). The summed E-state index contributed by atoms with van der Waals surface area (Å²) in [5.41, 5.74) is 5.55. The molecule has 5 nitrogen and oxygen atoms in total. The Kier molecular flexibility index (Phi) is 5.08. The van der Waals surface area contributed by atoms with E-state index in [0.29, 0.717) is 5.56 Å². The van der Waals surface area contributed by atoms with Crippen LogP contribution in [0.1, 0.15) is 12.5 Å². The van der Waals surface area contributed by atoms with Crippen LogP contribution in [0.15, 0.2) is 28.7 Å². The predicted octanol–water partition coefficient (Wildman–Crippen LogP) is 0.827. The monoisotopic (exact) mass is 327 g/mol. The van der Waals surface area contributed by atoms with Crippen molar-refractivity contribution in [3.63, 3.8) is 0 Å². The lowest BCUT2D eigenvalue weighted by molar-refractivity contribution is -0.132. The first-order valence-corrected chi connectivity index (χ1v) is 6.58. The second-order valence-corrected chi connectivity index (χ2v) is 5.60. The summed E-state index contributed by atoms with van der Waals surface area (Å²) >= 11 is 3.32. The van der Waals surface area contributed by atoms with Crippen LogP contribution in [-0.2, 0) is 15.1 Å². The molecule has 1 atom stereocenters. The van der Waals surface area contributed by atoms with Gasteiger partial charge in [-0.1, -0.05) is 28.1 Å². The fraction of sp³-hybridized carbons (Fsp3) is 0.385. The number of nitrogens with zero attached hydrogens (tertiary/aromatic N) is 1. The number of likely N-dealkylation sites (N-methyl/N-ethyl adjacent to an activating group) is 1. The van der Waals surface area contributed by atoms with Gasteiger partial charge in [-0.15, -0.1) is 0 Å². The zero-order chi connectivity index (χ0) is 14.6. The molecule has 2 amide bonds. The van der Waals surface area contributed by atoms with Crippen LogP contribution in [0.2, 0.25) is 0 Å². The largest absolute Gasteiger partial charge is 0.347 e. The van der Waals surface area contributed by atoms with Crippen molar-refractivity contribution in [3.8, 4) is 0 Å². The van der Waals surface area contributed by atoms with E-state index in [2.05, 4.69) is 21.2 Å². The highest BCUT2D eigenvalue weighted by Crippen LogP contribution is 2.20. The molecule has 104 valence electrons. The van der Waals surface area contributed by atoms with E-state index in [0.717, 1.165) is 4.47 Å². The summed E-state index contributed by atoms with van der Waals surface area (Å²) in [5.74, 6) is -0.565. The topological polar surface area (TPSA) is 75.4 Å². The lowest BCUT2D eigenvalue weighted by atomic mass is 9.92. The molecule has 3 N–H and O–H groups in total. The molecular weight excluding hydrogens is 310 g/mol. The molecule has 19 heavy (non-hydrogen) atoms. The number of carbonyl (C=O) groups is 2. The molecule has 0 fully saturated rings. The number of rotatable bonds is 4. The summed E-state index contributed by atoms with van der Waals surface area (Å²) in [7, 11) is 3.26. The molecule has 0 saturated carbocycles. The highest BCUT2D eigenvalue weighted by Gasteiger charge is 2.30. The van der Waals surface area contributed by atoms with Gasteiger partial charge in [0.2, 0.25) is 11.8 Å². The van der Waals surface area contributed by atoms with Gasteiger partial charge in [-0.25, -0.2) is 0 Å². The molecular formula is C13H18BrN3O2. The van der Waals surface area contributed by atoms with Crippen molar-refractivity contribution < 1.29 is 9.59 Å². The van der Waals surface area contributed by atoms with Gasteiger partial charge in [0.1, 0.15) is 5.54 Å². The van der Waals surface area contributed by atoms with Crippen LogP contribution in [-0.4, -0.2) is 37.4 Å². The molecule has 1 aromatic carbocycles. The van der Waals surface area contributed by atoms with E-state index in [1.165, 1.54) is 4.90 Å². The minimum Gasteiger partial charge on any atom is -0.347 e. The van der Waals surface area contributed by atoms with Gasteiger partial charge in [0.05, 0.1) is 6.54 Å². The Morgan fingerprint density at radius 1 is 1.32 bits per heavy atom. The quantitative estimate of drug-likeness (QED) is 0.860. The third-order valence-corrected chi connectivity index (χ3v) is 3.34. The van der Waals surface area contributed by atoms with Crippen LogP contribution < -0.4 is 11.1 Å². The summed E-state index contributed by atoms with van der Waals surface area (Å²) in [6, 6.07) is 7.19. The number of nitrogens with one attached hydrogen (secondary N) is 1. The van der Waals surface area contributed by atoms with E-state index >= 15 is 0 Å². The number of hydrogen-bond acceptors (Lipinski definition) is 3. The predicted molar refractivity (Wildman–Crippen MR) is 77.4 cm³/mol. The van der Waals surface area contributed by atoms with Crippen molar-refractivity contribution >= 4 is 27.7 Å². The Morgan fingerprint density at radius 2 is 1.84 bits per heavy atom. The van der Waals surface area contributed by atoms with Crippen molar-refractivity contribution in [1.29, 1.82) is 0 Å². The Balaban J connectivity index is 2.74. The Bertz CT molecular complexity index is 469. The summed E-state index contributed by atoms with van der Waals surface area (Å²) in [6.45, 7) is 1.56. The maximum absolute atomic E-state index is 12.1. The van der Waals surface area contributed by atoms with E-state index in [9.17, 15) is 9.59 Å². The summed E-state index contributed by atoms with van der Waals surface area (Å²) in [4.78, 5) is 24.9. The summed E-state index contributed by atoms with van der Waals surface area (Å²) in [6.07, 6.45) is 0. The van der Waals surface area contributed by atoms with E-state index in [1.807, 2.05) is 12.1 Å². The fourth-order valence-corrected chi connectivity index (χ4v) is 1.69. The van der Waals surface area contributed by atoms with Crippen LogP contribution in [0.5, 0.6) is 0 Å². The molecule has 0 bridgehead atoms. The number of nitrogens with two attached hydrogens (primary N) is 1. The normalized spacial score (nSPS) is 13.5. The summed E-state index contributed by atoms with van der Waals surface area (Å²) in [5, 5.41) is 2.55. The van der Waals surface area contributed by atoms with Crippen LogP contribution in [0.25, 0.3) is 0 Å². The Hall–Kier alpha value is -1.40. The average Bonchev–Trinajstić information content (AvgIpc) is 2.35. The van der Waals surface area contributed by atoms with E-state index in [1.54, 1.807) is 33.2 Å². The number of benzene rings is 1. The molecule has 0 radical (unpaired) electrons. The first kappa shape index (κ1) is 15.7. The van der Waals surface area contributed by atoms with Crippen molar-refractivity contribution in [2.75, 3.05) is 20.6 Å². The number of hydrogen-bond donors (Lipinski definition) is 2. The van der Waals surface area contributed by atoms with Gasteiger partial charge in [0.25, 0.3) is 0 Å². The molecule has 1 unspecified atom stereocenters. The molecule has 0 aliphatic rings. The number of amides is 2. The maximum atomic E-state index is 12.1. The lowest BCUT2D eigenvalue weighted by Crippen LogP contribution is -2.51. The Labute approximate surface area is 121 Å². The van der Waals surface area contributed by atoms with Crippen molar-refractivity contribution in [2.24, 2.45) is 5.73 Å². The molecule has 0 aromatic heterocycles. The number of carbonyl (C=O) groups excluding carboxylic acids is 2. The zero-order valence-corrected chi connectivity index (χ0v) is 12.8. The van der Waals surface area contributed by atoms with Gasteiger partial charge in [-0.05, 0) is 24.6 Å². The minimum atomic E-state index is -1.17. The first-order valence-electron chi connectivity index (χ1n) is 5.78. The van der Waals surface area contributed by atoms with Gasteiger partial charge < -0.3 is 16.0 Å². The van der Waals surface area contributed by atoms with Gasteiger partial charge in [-0.2, -0.15) is 0 Å². The van der Waals surface area contributed by atoms with Crippen LogP contribution in [0.3, 0.4) is 0 Å². The van der Waals surface area contributed by atoms with Gasteiger partial charge in [0.15, 0.2) is 0 Å². The van der Waals surface area contributed by atoms with Crippen molar-refractivity contribution in [2.45, 2.75) is 12.5 Å². The third-order valence-electron chi connectivity index (χ3n) is 2.81. The van der Waals surface area contributed by atoms with E-state index in [-0.39, 0.29) is 18.4 Å². The van der Waals surface area contributed by atoms with Crippen LogP contribution in [0, 0.1) is 0 Å². The number of halogens is 1. The first-order chi connectivity index (χ1) is 8.75. The van der Waals surface area contributed by atoms with Crippen LogP contribution in [0.4, 0.5) is 0 Å². The SMILES string of the molecule is CN(C)C(=O)CNC(=O)C(C)(N)c1ccc(Br)cc1. The van der Waals surface area contributed by atoms with Gasteiger partial charge in [0, 0.05) is 18.6 Å². The molecule has 1 aromatic rings. The molecule has 6 heteroatoms. The van der Waals surface area contributed by atoms with Gasteiger partial charge >= 0.3 is 0 Å². The second-order valence-electron chi connectivity index (χ2n) is 4.68. The fourth-order valence-electron chi connectivity index (χ4n) is 1.42. The minimum absolute atomic E-state index is 0.0604. The van der Waals surface area contributed by atoms with Gasteiger partial charge in [-0.3, -0.25) is 9.59 Å². The van der Waals surface area contributed by atoms with E-state index in [4.69, 9.17) is 5.73 Å². The molecule has 0 saturated heterocycles. The van der Waals surface area contributed by atoms with Crippen LogP contribution >= 0.6 is 15.9 Å². The highest BCUT2D eigenvalue weighted by molar-refractivity contribution is 9.10. The molecule has 0 aliphatic heterocycles. The summed E-state index contributed by atoms with van der Waals surface area (Å²) < 4.78 is 0.912. The second kappa shape index (κ2) is 6.16. The maximum Gasteiger partial charge on any atom is 0.244 e. The molecule has 0 spiro atoms. The van der Waals surface area contributed by atoms with Crippen molar-refractivity contribution in [1.82, 2.24) is 10.2 Å². The standard InChI is InChI=1S/C13H18BrN3O2/c1-13(15,9-4-6-10(14)7-5-9)12(19)16-8-11(18)17(2)3/h4-7H,8,15H2,1-3H3,(H,16,19). The van der Waals surface area contributed by atoms with E-state index < -0.39 is 5.54 Å². The zero-order valence-electron chi connectivity index (χ0n) is 11.2. The third kappa shape index (κ3) is 4.04. The Morgan fingerprint density at radius 3 is 2.32 bits per heavy atom. The highest BCUT2D eigenvalue weighted by atomic mass is 79.9. The molecule has 0 heterocycles. The van der Waals surface area contributed by atoms with Crippen molar-refractivity contribution in [3.05, 3.63) is 34.3 Å². The smallest absolute Gasteiger partial charge is 0.244 e. The average molecular weight is 328 g/mol. The lowest BCUT2D eigenvalue weighted by Gasteiger charge is -2.24. The molecule has 0 aliphatic carbocycles.